The summed E-state index contributed by atoms with van der Waals surface area (Å²) in [6, 6.07) is 5.70. The second-order valence-electron chi connectivity index (χ2n) is 5.75. The molecule has 1 aromatic carbocycles. The number of nitrogens with zero attached hydrogens (tertiary/aromatic N) is 1. The van der Waals surface area contributed by atoms with E-state index in [9.17, 15) is 5.11 Å². The van der Waals surface area contributed by atoms with Crippen LogP contribution < -0.4 is 20.1 Å². The highest BCUT2D eigenvalue weighted by Crippen LogP contribution is 2.27. The van der Waals surface area contributed by atoms with Gasteiger partial charge in [-0.2, -0.15) is 11.8 Å². The summed E-state index contributed by atoms with van der Waals surface area (Å²) in [4.78, 5) is 4.60. The number of hydrogen-bond acceptors (Lipinski definition) is 5. The van der Waals surface area contributed by atoms with Gasteiger partial charge in [0.2, 0.25) is 0 Å². The first-order chi connectivity index (χ1) is 11.6. The largest absolute Gasteiger partial charge is 0.497 e. The first-order valence-corrected chi connectivity index (χ1v) is 9.29. The van der Waals surface area contributed by atoms with Crippen LogP contribution >= 0.6 is 11.8 Å². The highest BCUT2D eigenvalue weighted by Gasteiger charge is 2.31. The molecule has 0 saturated carbocycles. The first-order valence-electron chi connectivity index (χ1n) is 8.13. The molecule has 1 atom stereocenters. The molecule has 6 nitrogen and oxygen atoms in total. The lowest BCUT2D eigenvalue weighted by Crippen LogP contribution is -2.47. The highest BCUT2D eigenvalue weighted by atomic mass is 32.2. The summed E-state index contributed by atoms with van der Waals surface area (Å²) in [6.07, 6.45) is 0.816. The van der Waals surface area contributed by atoms with Crippen LogP contribution in [0.15, 0.2) is 23.2 Å². The third-order valence-corrected chi connectivity index (χ3v) is 5.15. The van der Waals surface area contributed by atoms with Crippen molar-refractivity contribution in [2.24, 2.45) is 4.99 Å². The Labute approximate surface area is 148 Å². The van der Waals surface area contributed by atoms with Gasteiger partial charge in [-0.05, 0) is 31.2 Å². The summed E-state index contributed by atoms with van der Waals surface area (Å²) in [6.45, 7) is 3.77. The lowest BCUT2D eigenvalue weighted by Gasteiger charge is -2.23. The average Bonchev–Trinajstić information content (AvgIpc) is 3.04. The fourth-order valence-corrected chi connectivity index (χ4v) is 3.77. The van der Waals surface area contributed by atoms with Crippen LogP contribution in [0.25, 0.3) is 0 Å². The Morgan fingerprint density at radius 1 is 1.33 bits per heavy atom. The van der Waals surface area contributed by atoms with E-state index in [1.54, 1.807) is 26.0 Å². The normalized spacial score (nSPS) is 20.8. The van der Waals surface area contributed by atoms with E-state index in [1.807, 2.05) is 25.1 Å². The van der Waals surface area contributed by atoms with Crippen LogP contribution in [0.2, 0.25) is 0 Å². The first kappa shape index (κ1) is 18.7. The molecule has 2 rings (SSSR count). The van der Waals surface area contributed by atoms with E-state index in [0.29, 0.717) is 19.0 Å². The molecule has 1 aliphatic heterocycles. The number of ether oxygens (including phenoxy) is 2. The van der Waals surface area contributed by atoms with Crippen LogP contribution in [0, 0.1) is 0 Å². The van der Waals surface area contributed by atoms with E-state index in [4.69, 9.17) is 9.47 Å². The molecule has 1 fully saturated rings. The molecule has 3 N–H and O–H groups in total. The standard InChI is InChI=1S/C17H27N3O3S/c1-4-18-16(20-11-17(21)7-8-24-12-17)19-10-13-5-6-14(22-2)9-15(13)23-3/h5-6,9,21H,4,7-8,10-12H2,1-3H3,(H2,18,19,20). The van der Waals surface area contributed by atoms with Crippen LogP contribution in [0.3, 0.4) is 0 Å². The SMILES string of the molecule is CCNC(=NCc1ccc(OC)cc1OC)NCC1(O)CCSC1. The minimum atomic E-state index is -0.640. The van der Waals surface area contributed by atoms with Gasteiger partial charge in [-0.15, -0.1) is 0 Å². The Bertz CT molecular complexity index is 560. The van der Waals surface area contributed by atoms with Gasteiger partial charge in [0, 0.05) is 30.5 Å². The lowest BCUT2D eigenvalue weighted by atomic mass is 10.0. The number of aliphatic hydroxyl groups is 1. The molecule has 0 spiro atoms. The molecule has 7 heteroatoms. The minimum absolute atomic E-state index is 0.482. The van der Waals surface area contributed by atoms with Gasteiger partial charge in [-0.3, -0.25) is 0 Å². The monoisotopic (exact) mass is 353 g/mol. The van der Waals surface area contributed by atoms with E-state index in [0.717, 1.165) is 41.5 Å². The van der Waals surface area contributed by atoms with Crippen molar-refractivity contribution in [2.75, 3.05) is 38.8 Å². The molecule has 0 aromatic heterocycles. The van der Waals surface area contributed by atoms with Crippen molar-refractivity contribution in [1.82, 2.24) is 10.6 Å². The van der Waals surface area contributed by atoms with Crippen molar-refractivity contribution in [1.29, 1.82) is 0 Å². The second kappa shape index (κ2) is 9.03. The maximum absolute atomic E-state index is 10.4. The molecule has 1 aliphatic rings. The summed E-state index contributed by atoms with van der Waals surface area (Å²) in [5.74, 6) is 3.98. The summed E-state index contributed by atoms with van der Waals surface area (Å²) >= 11 is 1.79. The molecule has 1 heterocycles. The van der Waals surface area contributed by atoms with Crippen LogP contribution in [-0.2, 0) is 6.54 Å². The van der Waals surface area contributed by atoms with Gasteiger partial charge in [0.1, 0.15) is 11.5 Å². The van der Waals surface area contributed by atoms with Crippen molar-refractivity contribution >= 4 is 17.7 Å². The molecule has 134 valence electrons. The van der Waals surface area contributed by atoms with Crippen molar-refractivity contribution in [2.45, 2.75) is 25.5 Å². The number of hydrogen-bond donors (Lipinski definition) is 3. The van der Waals surface area contributed by atoms with E-state index in [1.165, 1.54) is 0 Å². The number of rotatable bonds is 7. The van der Waals surface area contributed by atoms with E-state index in [-0.39, 0.29) is 0 Å². The van der Waals surface area contributed by atoms with Gasteiger partial charge in [0.15, 0.2) is 5.96 Å². The van der Waals surface area contributed by atoms with E-state index in [2.05, 4.69) is 15.6 Å². The topological polar surface area (TPSA) is 75.1 Å². The number of guanidine groups is 1. The van der Waals surface area contributed by atoms with Crippen molar-refractivity contribution in [3.8, 4) is 11.5 Å². The van der Waals surface area contributed by atoms with Gasteiger partial charge in [-0.1, -0.05) is 0 Å². The van der Waals surface area contributed by atoms with Gasteiger partial charge < -0.3 is 25.2 Å². The Balaban J connectivity index is 2.02. The van der Waals surface area contributed by atoms with Crippen molar-refractivity contribution in [3.05, 3.63) is 23.8 Å². The maximum Gasteiger partial charge on any atom is 0.191 e. The van der Waals surface area contributed by atoms with Crippen LogP contribution in [0.4, 0.5) is 0 Å². The quantitative estimate of drug-likeness (QED) is 0.511. The van der Waals surface area contributed by atoms with Crippen molar-refractivity contribution in [3.63, 3.8) is 0 Å². The van der Waals surface area contributed by atoms with Crippen molar-refractivity contribution < 1.29 is 14.6 Å². The summed E-state index contributed by atoms with van der Waals surface area (Å²) in [5.41, 5.74) is 0.337. The Hall–Kier alpha value is -1.60. The van der Waals surface area contributed by atoms with Crippen LogP contribution in [0.1, 0.15) is 18.9 Å². The molecule has 24 heavy (non-hydrogen) atoms. The molecule has 0 aliphatic carbocycles. The molecule has 1 saturated heterocycles. The molecule has 0 amide bonds. The fraction of sp³-hybridized carbons (Fsp3) is 0.588. The zero-order valence-electron chi connectivity index (χ0n) is 14.6. The maximum atomic E-state index is 10.4. The molecule has 0 radical (unpaired) electrons. The zero-order chi connectivity index (χ0) is 17.4. The van der Waals surface area contributed by atoms with Gasteiger partial charge in [0.25, 0.3) is 0 Å². The van der Waals surface area contributed by atoms with Crippen LogP contribution in [-0.4, -0.2) is 55.5 Å². The lowest BCUT2D eigenvalue weighted by molar-refractivity contribution is 0.0724. The molecule has 0 bridgehead atoms. The number of aliphatic imine (C=N–C) groups is 1. The van der Waals surface area contributed by atoms with Crippen LogP contribution in [0.5, 0.6) is 11.5 Å². The molecular weight excluding hydrogens is 326 g/mol. The second-order valence-corrected chi connectivity index (χ2v) is 6.86. The molecule has 1 unspecified atom stereocenters. The predicted octanol–water partition coefficient (Wildman–Crippen LogP) is 1.63. The van der Waals surface area contributed by atoms with E-state index < -0.39 is 5.60 Å². The molecule has 1 aromatic rings. The summed E-state index contributed by atoms with van der Waals surface area (Å²) in [5, 5.41) is 16.9. The van der Waals surface area contributed by atoms with Gasteiger partial charge >= 0.3 is 0 Å². The number of thioether (sulfide) groups is 1. The summed E-state index contributed by atoms with van der Waals surface area (Å²) in [7, 11) is 3.27. The number of nitrogens with one attached hydrogen (secondary N) is 2. The Morgan fingerprint density at radius 2 is 2.17 bits per heavy atom. The smallest absolute Gasteiger partial charge is 0.191 e. The van der Waals surface area contributed by atoms with E-state index >= 15 is 0 Å². The Morgan fingerprint density at radius 3 is 2.79 bits per heavy atom. The minimum Gasteiger partial charge on any atom is -0.497 e. The predicted molar refractivity (Wildman–Crippen MR) is 99.3 cm³/mol. The Kier molecular flexibility index (Phi) is 7.05. The molecular formula is C17H27N3O3S. The highest BCUT2D eigenvalue weighted by molar-refractivity contribution is 7.99. The third kappa shape index (κ3) is 5.21. The number of methoxy groups -OCH3 is 2. The number of benzene rings is 1. The average molecular weight is 353 g/mol. The van der Waals surface area contributed by atoms with Gasteiger partial charge in [0.05, 0.1) is 26.4 Å². The zero-order valence-corrected chi connectivity index (χ0v) is 15.4. The fourth-order valence-electron chi connectivity index (χ4n) is 2.47. The summed E-state index contributed by atoms with van der Waals surface area (Å²) < 4.78 is 10.6. The van der Waals surface area contributed by atoms with Gasteiger partial charge in [-0.25, -0.2) is 4.99 Å². The third-order valence-electron chi connectivity index (χ3n) is 3.91.